The molecule has 0 heterocycles. The van der Waals surface area contributed by atoms with Gasteiger partial charge in [-0.25, -0.2) is 0 Å². The Morgan fingerprint density at radius 3 is 2.47 bits per heavy atom. The highest BCUT2D eigenvalue weighted by Gasteiger charge is 2.18. The van der Waals surface area contributed by atoms with Gasteiger partial charge in [-0.1, -0.05) is 69.5 Å². The predicted molar refractivity (Wildman–Crippen MR) is 147 cm³/mol. The average Bonchev–Trinajstić information content (AvgIpc) is 2.86. The fourth-order valence-electron chi connectivity index (χ4n) is 4.29. The molecule has 188 valence electrons. The number of ether oxygens (including phenoxy) is 1. The normalized spacial score (nSPS) is 15.5. The molecule has 0 unspecified atom stereocenters. The lowest BCUT2D eigenvalue weighted by molar-refractivity contribution is 0.197. The Kier molecular flexibility index (Phi) is 12.3. The standard InChI is InChI=1S/C29H44ClN3O/c1-7-9-21-33(6)23(3)28(20-17-25-15-18-27(30)19-16-25)29(32(5)8-2)31-24(4)34-22-26-13-11-10-12-14-26/h8,15-16,18-19,26H,2-3,7,9-14,17,20-22H2,1,4-6H3/b29-28-,31-24?. The molecule has 1 aliphatic carbocycles. The van der Waals surface area contributed by atoms with Gasteiger partial charge in [0.1, 0.15) is 5.82 Å². The number of halogens is 1. The summed E-state index contributed by atoms with van der Waals surface area (Å²) in [5.74, 6) is 2.18. The lowest BCUT2D eigenvalue weighted by Gasteiger charge is -2.28. The zero-order chi connectivity index (χ0) is 24.9. The summed E-state index contributed by atoms with van der Waals surface area (Å²) in [6.07, 6.45) is 12.2. The lowest BCUT2D eigenvalue weighted by Crippen LogP contribution is -2.23. The highest BCUT2D eigenvalue weighted by atomic mass is 35.5. The van der Waals surface area contributed by atoms with Gasteiger partial charge in [0, 0.05) is 43.9 Å². The molecule has 0 aliphatic heterocycles. The van der Waals surface area contributed by atoms with E-state index in [0.29, 0.717) is 11.8 Å². The number of benzene rings is 1. The molecule has 0 radical (unpaired) electrons. The number of allylic oxidation sites excluding steroid dienone is 1. The minimum atomic E-state index is 0.642. The number of hydrogen-bond donors (Lipinski definition) is 0. The SMILES string of the molecule is C=CN(C)/C(N=C(C)OCC1CCCCC1)=C(/CCc1ccc(Cl)cc1)C(=C)N(C)CCCC. The Morgan fingerprint density at radius 1 is 1.18 bits per heavy atom. The van der Waals surface area contributed by atoms with E-state index >= 15 is 0 Å². The quantitative estimate of drug-likeness (QED) is 0.162. The van der Waals surface area contributed by atoms with Gasteiger partial charge >= 0.3 is 0 Å². The van der Waals surface area contributed by atoms with Crippen LogP contribution in [0.25, 0.3) is 0 Å². The maximum atomic E-state index is 6.13. The van der Waals surface area contributed by atoms with E-state index in [1.165, 1.54) is 37.7 Å². The smallest absolute Gasteiger partial charge is 0.186 e. The summed E-state index contributed by atoms with van der Waals surface area (Å²) in [7, 11) is 4.10. The van der Waals surface area contributed by atoms with Gasteiger partial charge < -0.3 is 14.5 Å². The van der Waals surface area contributed by atoms with Crippen molar-refractivity contribution in [1.82, 2.24) is 9.80 Å². The molecule has 4 nitrogen and oxygen atoms in total. The summed E-state index contributed by atoms with van der Waals surface area (Å²) in [4.78, 5) is 9.18. The highest BCUT2D eigenvalue weighted by molar-refractivity contribution is 6.30. The van der Waals surface area contributed by atoms with Gasteiger partial charge in [-0.2, -0.15) is 4.99 Å². The van der Waals surface area contributed by atoms with Crippen LogP contribution in [0.4, 0.5) is 0 Å². The first kappa shape index (κ1) is 28.0. The topological polar surface area (TPSA) is 28.1 Å². The van der Waals surface area contributed by atoms with Crippen molar-refractivity contribution >= 4 is 17.5 Å². The summed E-state index contributed by atoms with van der Waals surface area (Å²) in [6.45, 7) is 14.4. The van der Waals surface area contributed by atoms with Gasteiger partial charge in [0.05, 0.1) is 6.61 Å². The monoisotopic (exact) mass is 485 g/mol. The maximum absolute atomic E-state index is 6.13. The van der Waals surface area contributed by atoms with Crippen molar-refractivity contribution in [3.05, 3.63) is 71.3 Å². The van der Waals surface area contributed by atoms with Crippen LogP contribution in [-0.4, -0.2) is 42.9 Å². The fraction of sp³-hybridized carbons (Fsp3) is 0.552. The number of hydrogen-bond acceptors (Lipinski definition) is 4. The summed E-state index contributed by atoms with van der Waals surface area (Å²) in [5.41, 5.74) is 3.34. The number of rotatable bonds is 13. The molecular formula is C29H44ClN3O. The van der Waals surface area contributed by atoms with Crippen LogP contribution in [0.2, 0.25) is 5.02 Å². The second-order valence-electron chi connectivity index (χ2n) is 9.39. The van der Waals surface area contributed by atoms with Crippen LogP contribution in [0.15, 0.2) is 65.7 Å². The van der Waals surface area contributed by atoms with Crippen molar-refractivity contribution in [2.75, 3.05) is 27.2 Å². The third-order valence-corrected chi connectivity index (χ3v) is 6.88. The Balaban J connectivity index is 2.31. The van der Waals surface area contributed by atoms with Crippen LogP contribution in [0.5, 0.6) is 0 Å². The van der Waals surface area contributed by atoms with E-state index < -0.39 is 0 Å². The molecule has 2 rings (SSSR count). The number of aliphatic imine (C=N–C) groups is 1. The molecule has 1 aromatic carbocycles. The van der Waals surface area contributed by atoms with E-state index in [0.717, 1.165) is 60.9 Å². The van der Waals surface area contributed by atoms with Crippen LogP contribution < -0.4 is 0 Å². The zero-order valence-electron chi connectivity index (χ0n) is 21.8. The van der Waals surface area contributed by atoms with Gasteiger partial charge in [-0.3, -0.25) is 0 Å². The van der Waals surface area contributed by atoms with Gasteiger partial charge in [0.15, 0.2) is 5.90 Å². The summed E-state index contributed by atoms with van der Waals surface area (Å²) in [6, 6.07) is 8.06. The number of likely N-dealkylation sites (N-methyl/N-ethyl adjacent to an activating group) is 1. The Morgan fingerprint density at radius 2 is 1.85 bits per heavy atom. The zero-order valence-corrected chi connectivity index (χ0v) is 22.5. The van der Waals surface area contributed by atoms with Gasteiger partial charge in [-0.15, -0.1) is 0 Å². The molecule has 0 bridgehead atoms. The van der Waals surface area contributed by atoms with Crippen LogP contribution in [0, 0.1) is 5.92 Å². The van der Waals surface area contributed by atoms with Crippen LogP contribution >= 0.6 is 11.6 Å². The molecule has 0 saturated heterocycles. The largest absolute Gasteiger partial charge is 0.481 e. The first-order chi connectivity index (χ1) is 16.3. The average molecular weight is 486 g/mol. The molecule has 0 aromatic heterocycles. The Bertz CT molecular complexity index is 837. The molecule has 1 aliphatic rings. The molecular weight excluding hydrogens is 442 g/mol. The second kappa shape index (κ2) is 14.9. The van der Waals surface area contributed by atoms with E-state index in [2.05, 4.69) is 44.2 Å². The van der Waals surface area contributed by atoms with Crippen molar-refractivity contribution in [3.8, 4) is 0 Å². The minimum absolute atomic E-state index is 0.642. The predicted octanol–water partition coefficient (Wildman–Crippen LogP) is 7.82. The van der Waals surface area contributed by atoms with E-state index in [-0.39, 0.29) is 0 Å². The van der Waals surface area contributed by atoms with Crippen molar-refractivity contribution in [3.63, 3.8) is 0 Å². The Labute approximate surface area is 213 Å². The van der Waals surface area contributed by atoms with Crippen molar-refractivity contribution in [2.45, 2.75) is 71.6 Å². The highest BCUT2D eigenvalue weighted by Crippen LogP contribution is 2.27. The molecule has 0 amide bonds. The third-order valence-electron chi connectivity index (χ3n) is 6.63. The Hall–Kier alpha value is -2.20. The van der Waals surface area contributed by atoms with Crippen molar-refractivity contribution in [1.29, 1.82) is 0 Å². The fourth-order valence-corrected chi connectivity index (χ4v) is 4.41. The number of aryl methyl sites for hydroxylation is 1. The van der Waals surface area contributed by atoms with E-state index in [4.69, 9.17) is 21.3 Å². The molecule has 5 heteroatoms. The molecule has 1 aromatic rings. The van der Waals surface area contributed by atoms with Gasteiger partial charge in [0.25, 0.3) is 0 Å². The maximum Gasteiger partial charge on any atom is 0.186 e. The molecule has 34 heavy (non-hydrogen) atoms. The van der Waals surface area contributed by atoms with Crippen LogP contribution in [0.3, 0.4) is 0 Å². The van der Waals surface area contributed by atoms with E-state index in [1.807, 2.05) is 31.0 Å². The van der Waals surface area contributed by atoms with Gasteiger partial charge in [-0.05, 0) is 61.9 Å². The third kappa shape index (κ3) is 9.21. The summed E-state index contributed by atoms with van der Waals surface area (Å²) in [5, 5.41) is 0.755. The first-order valence-electron chi connectivity index (χ1n) is 12.8. The molecule has 1 saturated carbocycles. The minimum Gasteiger partial charge on any atom is -0.481 e. The summed E-state index contributed by atoms with van der Waals surface area (Å²) < 4.78 is 6.13. The molecule has 0 atom stereocenters. The number of unbranched alkanes of at least 4 members (excludes halogenated alkanes) is 1. The lowest BCUT2D eigenvalue weighted by atomic mass is 9.90. The van der Waals surface area contributed by atoms with Crippen molar-refractivity contribution in [2.24, 2.45) is 10.9 Å². The summed E-state index contributed by atoms with van der Waals surface area (Å²) >= 11 is 6.09. The molecule has 0 N–H and O–H groups in total. The molecule has 0 spiro atoms. The second-order valence-corrected chi connectivity index (χ2v) is 9.83. The van der Waals surface area contributed by atoms with E-state index in [1.54, 1.807) is 6.20 Å². The molecule has 1 fully saturated rings. The van der Waals surface area contributed by atoms with Crippen LogP contribution in [0.1, 0.15) is 70.8 Å². The van der Waals surface area contributed by atoms with Crippen LogP contribution in [-0.2, 0) is 11.2 Å². The van der Waals surface area contributed by atoms with E-state index in [9.17, 15) is 0 Å². The first-order valence-corrected chi connectivity index (χ1v) is 13.1. The number of nitrogens with zero attached hydrogens (tertiary/aromatic N) is 3. The van der Waals surface area contributed by atoms with Gasteiger partial charge in [0.2, 0.25) is 0 Å². The van der Waals surface area contributed by atoms with Crippen molar-refractivity contribution < 1.29 is 4.74 Å².